The Morgan fingerprint density at radius 1 is 1.38 bits per heavy atom. The number of benzene rings is 1. The van der Waals surface area contributed by atoms with Crippen LogP contribution < -0.4 is 10.1 Å². The molecule has 1 spiro atoms. The van der Waals surface area contributed by atoms with E-state index >= 15 is 0 Å². The molecule has 0 unspecified atom stereocenters. The first-order valence-corrected chi connectivity index (χ1v) is 8.90. The topological polar surface area (TPSA) is 33.6 Å². The van der Waals surface area contributed by atoms with E-state index in [1.165, 1.54) is 25.7 Å². The molecule has 0 atom stereocenters. The highest BCUT2D eigenvalue weighted by molar-refractivity contribution is 8.14. The molecule has 2 aliphatic rings. The highest BCUT2D eigenvalue weighted by atomic mass is 32.2. The number of aliphatic imine (C=N–C) groups is 1. The average molecular weight is 304 g/mol. The summed E-state index contributed by atoms with van der Waals surface area (Å²) in [5.74, 6) is 2.91. The average Bonchev–Trinajstić information content (AvgIpc) is 2.86. The third kappa shape index (κ3) is 3.54. The second kappa shape index (κ2) is 6.30. The minimum absolute atomic E-state index is 0.205. The first kappa shape index (κ1) is 14.8. The van der Waals surface area contributed by atoms with Gasteiger partial charge in [-0.3, -0.25) is 4.99 Å². The lowest BCUT2D eigenvalue weighted by molar-refractivity contribution is 0.273. The number of hydrogen-bond acceptors (Lipinski definition) is 4. The molecule has 1 aliphatic carbocycles. The molecule has 1 aliphatic heterocycles. The highest BCUT2D eigenvalue weighted by Crippen LogP contribution is 2.41. The lowest BCUT2D eigenvalue weighted by Gasteiger charge is -2.32. The Morgan fingerprint density at radius 2 is 2.19 bits per heavy atom. The number of rotatable bonds is 3. The molecule has 1 heterocycles. The molecule has 0 bridgehead atoms. The Balaban J connectivity index is 1.67. The number of anilines is 1. The van der Waals surface area contributed by atoms with E-state index in [1.54, 1.807) is 0 Å². The van der Waals surface area contributed by atoms with Crippen LogP contribution in [0, 0.1) is 5.92 Å². The Bertz CT molecular complexity index is 521. The van der Waals surface area contributed by atoms with E-state index in [1.807, 2.05) is 36.9 Å². The molecule has 0 aromatic heterocycles. The van der Waals surface area contributed by atoms with Crippen LogP contribution in [0.5, 0.6) is 5.75 Å². The van der Waals surface area contributed by atoms with Gasteiger partial charge in [0.1, 0.15) is 5.75 Å². The third-order valence-electron chi connectivity index (χ3n) is 4.42. The summed E-state index contributed by atoms with van der Waals surface area (Å²) in [5.41, 5.74) is 1.27. The van der Waals surface area contributed by atoms with Gasteiger partial charge in [-0.15, -0.1) is 0 Å². The van der Waals surface area contributed by atoms with Crippen LogP contribution in [0.1, 0.15) is 39.5 Å². The largest absolute Gasteiger partial charge is 0.494 e. The van der Waals surface area contributed by atoms with Crippen LogP contribution in [-0.2, 0) is 0 Å². The summed E-state index contributed by atoms with van der Waals surface area (Å²) >= 11 is 1.86. The number of amidine groups is 1. The normalized spacial score (nSPS) is 28.5. The van der Waals surface area contributed by atoms with Crippen LogP contribution in [0.3, 0.4) is 0 Å². The van der Waals surface area contributed by atoms with Gasteiger partial charge >= 0.3 is 0 Å². The number of ether oxygens (including phenoxy) is 1. The molecule has 3 nitrogen and oxygen atoms in total. The quantitative estimate of drug-likeness (QED) is 0.889. The number of hydrogen-bond donors (Lipinski definition) is 1. The summed E-state index contributed by atoms with van der Waals surface area (Å²) in [4.78, 5) is 5.01. The van der Waals surface area contributed by atoms with Crippen molar-refractivity contribution < 1.29 is 4.74 Å². The molecule has 4 heteroatoms. The van der Waals surface area contributed by atoms with Gasteiger partial charge in [0.25, 0.3) is 0 Å². The first-order valence-electron chi connectivity index (χ1n) is 7.92. The molecule has 1 saturated carbocycles. The van der Waals surface area contributed by atoms with Gasteiger partial charge in [-0.25, -0.2) is 0 Å². The van der Waals surface area contributed by atoms with Gasteiger partial charge < -0.3 is 10.1 Å². The van der Waals surface area contributed by atoms with Gasteiger partial charge in [0.2, 0.25) is 0 Å². The Morgan fingerprint density at radius 3 is 2.95 bits per heavy atom. The zero-order valence-corrected chi connectivity index (χ0v) is 13.7. The van der Waals surface area contributed by atoms with E-state index in [2.05, 4.69) is 18.3 Å². The van der Waals surface area contributed by atoms with Crippen LogP contribution >= 0.6 is 11.8 Å². The minimum atomic E-state index is 0.205. The maximum absolute atomic E-state index is 5.55. The second-order valence-electron chi connectivity index (χ2n) is 6.20. The predicted molar refractivity (Wildman–Crippen MR) is 91.5 cm³/mol. The Kier molecular flexibility index (Phi) is 4.43. The maximum atomic E-state index is 5.55. The van der Waals surface area contributed by atoms with Crippen molar-refractivity contribution >= 4 is 22.6 Å². The highest BCUT2D eigenvalue weighted by Gasteiger charge is 2.38. The minimum Gasteiger partial charge on any atom is -0.494 e. The molecule has 1 N–H and O–H groups in total. The van der Waals surface area contributed by atoms with Gasteiger partial charge in [-0.2, -0.15) is 0 Å². The van der Waals surface area contributed by atoms with Crippen LogP contribution in [0.25, 0.3) is 0 Å². The summed E-state index contributed by atoms with van der Waals surface area (Å²) in [6, 6.07) is 8.12. The molecular weight excluding hydrogens is 280 g/mol. The van der Waals surface area contributed by atoms with Gasteiger partial charge in [0.05, 0.1) is 12.1 Å². The molecule has 3 rings (SSSR count). The van der Waals surface area contributed by atoms with Crippen molar-refractivity contribution in [1.82, 2.24) is 0 Å². The van der Waals surface area contributed by atoms with Crippen molar-refractivity contribution in [2.75, 3.05) is 17.7 Å². The predicted octanol–water partition coefficient (Wildman–Crippen LogP) is 4.55. The zero-order valence-electron chi connectivity index (χ0n) is 12.9. The molecule has 21 heavy (non-hydrogen) atoms. The summed E-state index contributed by atoms with van der Waals surface area (Å²) in [5, 5.41) is 4.52. The van der Waals surface area contributed by atoms with Gasteiger partial charge in [0, 0.05) is 17.5 Å². The van der Waals surface area contributed by atoms with Crippen molar-refractivity contribution in [2.45, 2.75) is 45.1 Å². The lowest BCUT2D eigenvalue weighted by atomic mass is 9.79. The summed E-state index contributed by atoms with van der Waals surface area (Å²) < 4.78 is 5.55. The van der Waals surface area contributed by atoms with Crippen molar-refractivity contribution in [3.8, 4) is 5.75 Å². The van der Waals surface area contributed by atoms with E-state index in [9.17, 15) is 0 Å². The van der Waals surface area contributed by atoms with E-state index < -0.39 is 0 Å². The van der Waals surface area contributed by atoms with Gasteiger partial charge in [0.15, 0.2) is 5.17 Å². The van der Waals surface area contributed by atoms with Crippen molar-refractivity contribution in [3.05, 3.63) is 24.3 Å². The number of nitrogens with one attached hydrogen (secondary N) is 1. The lowest BCUT2D eigenvalue weighted by Crippen LogP contribution is -2.32. The van der Waals surface area contributed by atoms with Crippen molar-refractivity contribution in [3.63, 3.8) is 0 Å². The summed E-state index contributed by atoms with van der Waals surface area (Å²) in [7, 11) is 0. The third-order valence-corrected chi connectivity index (χ3v) is 5.57. The van der Waals surface area contributed by atoms with Gasteiger partial charge in [-0.1, -0.05) is 24.8 Å². The van der Waals surface area contributed by atoms with E-state index in [4.69, 9.17) is 9.73 Å². The Labute approximate surface area is 131 Å². The molecule has 0 amide bonds. The van der Waals surface area contributed by atoms with E-state index in [0.717, 1.165) is 28.3 Å². The Hall–Kier alpha value is -1.16. The first-order chi connectivity index (χ1) is 10.2. The van der Waals surface area contributed by atoms with Crippen LogP contribution in [0.15, 0.2) is 29.3 Å². The standard InChI is InChI=1S/C17H24N2OS/c1-3-20-15-6-4-5-14(11-15)18-16-19-17(12-21-16)9-7-13(2)8-10-17/h4-6,11,13H,3,7-10,12H2,1-2H3,(H,18,19). The van der Waals surface area contributed by atoms with Crippen molar-refractivity contribution in [2.24, 2.45) is 10.9 Å². The number of nitrogens with zero attached hydrogens (tertiary/aromatic N) is 1. The smallest absolute Gasteiger partial charge is 0.161 e. The molecular formula is C17H24N2OS. The molecule has 1 aromatic rings. The maximum Gasteiger partial charge on any atom is 0.161 e. The fourth-order valence-corrected chi connectivity index (χ4v) is 4.26. The molecule has 0 saturated heterocycles. The van der Waals surface area contributed by atoms with Crippen molar-refractivity contribution in [1.29, 1.82) is 0 Å². The monoisotopic (exact) mass is 304 g/mol. The molecule has 1 aromatic carbocycles. The fourth-order valence-electron chi connectivity index (χ4n) is 3.06. The SMILES string of the molecule is CCOc1cccc(NC2=NC3(CCC(C)CC3)CS2)c1. The van der Waals surface area contributed by atoms with Crippen LogP contribution in [0.4, 0.5) is 5.69 Å². The van der Waals surface area contributed by atoms with E-state index in [0.29, 0.717) is 6.61 Å². The zero-order chi connectivity index (χ0) is 14.7. The molecule has 1 fully saturated rings. The van der Waals surface area contributed by atoms with E-state index in [-0.39, 0.29) is 5.54 Å². The van der Waals surface area contributed by atoms with Gasteiger partial charge in [-0.05, 0) is 50.7 Å². The van der Waals surface area contributed by atoms with Crippen LogP contribution in [-0.4, -0.2) is 23.1 Å². The fraction of sp³-hybridized carbons (Fsp3) is 0.588. The number of thioether (sulfide) groups is 1. The summed E-state index contributed by atoms with van der Waals surface area (Å²) in [6.45, 7) is 5.06. The molecule has 114 valence electrons. The van der Waals surface area contributed by atoms with Crippen LogP contribution in [0.2, 0.25) is 0 Å². The second-order valence-corrected chi connectivity index (χ2v) is 7.16. The summed E-state index contributed by atoms with van der Waals surface area (Å²) in [6.07, 6.45) is 5.12. The molecule has 0 radical (unpaired) electrons.